The Hall–Kier alpha value is -1.65. The molecule has 0 saturated heterocycles. The van der Waals surface area contributed by atoms with Gasteiger partial charge in [0.25, 0.3) is 0 Å². The number of anilines is 1. The third-order valence-electron chi connectivity index (χ3n) is 2.26. The summed E-state index contributed by atoms with van der Waals surface area (Å²) in [4.78, 5) is 18.6. The number of aromatic nitrogens is 2. The number of carbonyl (C=O) groups is 1. The van der Waals surface area contributed by atoms with E-state index < -0.39 is 5.97 Å². The summed E-state index contributed by atoms with van der Waals surface area (Å²) in [6, 6.07) is 1.80. The first-order valence-corrected chi connectivity index (χ1v) is 5.33. The van der Waals surface area contributed by atoms with E-state index in [1.165, 1.54) is 0 Å². The van der Waals surface area contributed by atoms with Gasteiger partial charge in [0.1, 0.15) is 11.6 Å². The molecule has 0 fully saturated rings. The number of aliphatic carboxylic acids is 1. The smallest absolute Gasteiger partial charge is 0.303 e. The molecule has 1 rings (SSSR count). The monoisotopic (exact) mass is 223 g/mol. The van der Waals surface area contributed by atoms with E-state index in [1.807, 2.05) is 13.8 Å². The van der Waals surface area contributed by atoms with E-state index in [9.17, 15) is 4.79 Å². The SMILES string of the molecule is Cc1nccc(NCC(C)CCC(=O)O)n1. The molecule has 2 N–H and O–H groups in total. The molecule has 0 aliphatic rings. The van der Waals surface area contributed by atoms with Crippen LogP contribution in [-0.4, -0.2) is 27.6 Å². The third kappa shape index (κ3) is 4.72. The van der Waals surface area contributed by atoms with Crippen LogP contribution in [-0.2, 0) is 4.79 Å². The Morgan fingerprint density at radius 2 is 2.38 bits per heavy atom. The van der Waals surface area contributed by atoms with Gasteiger partial charge in [0.05, 0.1) is 0 Å². The van der Waals surface area contributed by atoms with Crippen molar-refractivity contribution in [1.82, 2.24) is 9.97 Å². The Kier molecular flexibility index (Phi) is 4.69. The first kappa shape index (κ1) is 12.4. The fourth-order valence-corrected chi connectivity index (χ4v) is 1.31. The Morgan fingerprint density at radius 3 is 3.00 bits per heavy atom. The van der Waals surface area contributed by atoms with Crippen molar-refractivity contribution < 1.29 is 9.90 Å². The van der Waals surface area contributed by atoms with Gasteiger partial charge < -0.3 is 10.4 Å². The molecule has 5 nitrogen and oxygen atoms in total. The lowest BCUT2D eigenvalue weighted by Crippen LogP contribution is -2.13. The summed E-state index contributed by atoms with van der Waals surface area (Å²) in [5, 5.41) is 11.7. The van der Waals surface area contributed by atoms with Crippen LogP contribution in [0.3, 0.4) is 0 Å². The number of nitrogens with one attached hydrogen (secondary N) is 1. The van der Waals surface area contributed by atoms with Gasteiger partial charge in [0.2, 0.25) is 0 Å². The Bertz CT molecular complexity index is 355. The molecule has 0 spiro atoms. The van der Waals surface area contributed by atoms with Gasteiger partial charge >= 0.3 is 5.97 Å². The normalized spacial score (nSPS) is 12.1. The fourth-order valence-electron chi connectivity index (χ4n) is 1.31. The quantitative estimate of drug-likeness (QED) is 0.767. The van der Waals surface area contributed by atoms with Gasteiger partial charge in [0.15, 0.2) is 0 Å². The lowest BCUT2D eigenvalue weighted by atomic mass is 10.1. The van der Waals surface area contributed by atoms with Crippen molar-refractivity contribution in [2.45, 2.75) is 26.7 Å². The average Bonchev–Trinajstić information content (AvgIpc) is 2.23. The van der Waals surface area contributed by atoms with Crippen molar-refractivity contribution in [3.05, 3.63) is 18.1 Å². The molecule has 0 bridgehead atoms. The summed E-state index contributed by atoms with van der Waals surface area (Å²) in [6.07, 6.45) is 2.59. The number of carboxylic acids is 1. The first-order chi connectivity index (χ1) is 7.58. The second-order valence-corrected chi connectivity index (χ2v) is 3.91. The maximum absolute atomic E-state index is 10.4. The number of aryl methyl sites for hydroxylation is 1. The molecule has 1 aromatic heterocycles. The van der Waals surface area contributed by atoms with Gasteiger partial charge in [0, 0.05) is 19.2 Å². The van der Waals surface area contributed by atoms with Gasteiger partial charge in [-0.2, -0.15) is 0 Å². The van der Waals surface area contributed by atoms with Crippen LogP contribution in [0.15, 0.2) is 12.3 Å². The molecule has 16 heavy (non-hydrogen) atoms. The van der Waals surface area contributed by atoms with Gasteiger partial charge in [-0.25, -0.2) is 9.97 Å². The van der Waals surface area contributed by atoms with Crippen LogP contribution < -0.4 is 5.32 Å². The summed E-state index contributed by atoms with van der Waals surface area (Å²) < 4.78 is 0. The molecule has 1 unspecified atom stereocenters. The Labute approximate surface area is 94.9 Å². The average molecular weight is 223 g/mol. The van der Waals surface area contributed by atoms with E-state index in [-0.39, 0.29) is 6.42 Å². The first-order valence-electron chi connectivity index (χ1n) is 5.33. The van der Waals surface area contributed by atoms with Crippen LogP contribution in [0.4, 0.5) is 5.82 Å². The Balaban J connectivity index is 2.31. The molecule has 88 valence electrons. The Morgan fingerprint density at radius 1 is 1.62 bits per heavy atom. The number of nitrogens with zero attached hydrogens (tertiary/aromatic N) is 2. The minimum Gasteiger partial charge on any atom is -0.481 e. The van der Waals surface area contributed by atoms with E-state index in [4.69, 9.17) is 5.11 Å². The van der Waals surface area contributed by atoms with Crippen LogP contribution in [0.25, 0.3) is 0 Å². The minimum atomic E-state index is -0.746. The second kappa shape index (κ2) is 6.05. The summed E-state index contributed by atoms with van der Waals surface area (Å²) in [5.41, 5.74) is 0. The highest BCUT2D eigenvalue weighted by atomic mass is 16.4. The van der Waals surface area contributed by atoms with Crippen molar-refractivity contribution >= 4 is 11.8 Å². The standard InChI is InChI=1S/C11H17N3O2/c1-8(3-4-11(15)16)7-13-10-5-6-12-9(2)14-10/h5-6,8H,3-4,7H2,1-2H3,(H,15,16)(H,12,13,14). The topological polar surface area (TPSA) is 75.1 Å². The van der Waals surface area contributed by atoms with Crippen LogP contribution in [0.2, 0.25) is 0 Å². The molecule has 0 aliphatic carbocycles. The molecule has 0 amide bonds. The van der Waals surface area contributed by atoms with E-state index in [0.29, 0.717) is 12.3 Å². The predicted molar refractivity (Wildman–Crippen MR) is 61.3 cm³/mol. The van der Waals surface area contributed by atoms with E-state index >= 15 is 0 Å². The van der Waals surface area contributed by atoms with Crippen LogP contribution in [0, 0.1) is 12.8 Å². The lowest BCUT2D eigenvalue weighted by molar-refractivity contribution is -0.137. The van der Waals surface area contributed by atoms with Crippen molar-refractivity contribution in [2.75, 3.05) is 11.9 Å². The number of hydrogen-bond acceptors (Lipinski definition) is 4. The predicted octanol–water partition coefficient (Wildman–Crippen LogP) is 1.70. The molecule has 0 saturated carbocycles. The third-order valence-corrected chi connectivity index (χ3v) is 2.26. The molecule has 0 radical (unpaired) electrons. The van der Waals surface area contributed by atoms with Crippen molar-refractivity contribution in [1.29, 1.82) is 0 Å². The highest BCUT2D eigenvalue weighted by Gasteiger charge is 2.05. The maximum Gasteiger partial charge on any atom is 0.303 e. The number of carboxylic acid groups (broad SMARTS) is 1. The highest BCUT2D eigenvalue weighted by Crippen LogP contribution is 2.08. The van der Waals surface area contributed by atoms with Crippen molar-refractivity contribution in [3.63, 3.8) is 0 Å². The van der Waals surface area contributed by atoms with Crippen LogP contribution in [0.1, 0.15) is 25.6 Å². The summed E-state index contributed by atoms with van der Waals surface area (Å²) in [6.45, 7) is 4.58. The van der Waals surface area contributed by atoms with E-state index in [0.717, 1.165) is 18.2 Å². The molecule has 1 heterocycles. The van der Waals surface area contributed by atoms with Gasteiger partial charge in [-0.05, 0) is 25.3 Å². The molecule has 0 aliphatic heterocycles. The summed E-state index contributed by atoms with van der Waals surface area (Å²) >= 11 is 0. The van der Waals surface area contributed by atoms with Crippen LogP contribution >= 0.6 is 0 Å². The van der Waals surface area contributed by atoms with Crippen LogP contribution in [0.5, 0.6) is 0 Å². The van der Waals surface area contributed by atoms with E-state index in [2.05, 4.69) is 15.3 Å². The molecule has 0 aromatic carbocycles. The fraction of sp³-hybridized carbons (Fsp3) is 0.545. The minimum absolute atomic E-state index is 0.214. The molecule has 1 atom stereocenters. The van der Waals surface area contributed by atoms with Gasteiger partial charge in [-0.1, -0.05) is 6.92 Å². The second-order valence-electron chi connectivity index (χ2n) is 3.91. The zero-order valence-electron chi connectivity index (χ0n) is 9.60. The van der Waals surface area contributed by atoms with Crippen molar-refractivity contribution in [2.24, 2.45) is 5.92 Å². The zero-order chi connectivity index (χ0) is 12.0. The number of rotatable bonds is 6. The largest absolute Gasteiger partial charge is 0.481 e. The lowest BCUT2D eigenvalue weighted by Gasteiger charge is -2.11. The van der Waals surface area contributed by atoms with Gasteiger partial charge in [-0.3, -0.25) is 4.79 Å². The molecular formula is C11H17N3O2. The summed E-state index contributed by atoms with van der Waals surface area (Å²) in [5.74, 6) is 1.08. The maximum atomic E-state index is 10.4. The van der Waals surface area contributed by atoms with E-state index in [1.54, 1.807) is 12.3 Å². The zero-order valence-corrected chi connectivity index (χ0v) is 9.60. The molecular weight excluding hydrogens is 206 g/mol. The number of hydrogen-bond donors (Lipinski definition) is 2. The summed E-state index contributed by atoms with van der Waals surface area (Å²) in [7, 11) is 0. The molecule has 1 aromatic rings. The van der Waals surface area contributed by atoms with Crippen molar-refractivity contribution in [3.8, 4) is 0 Å². The highest BCUT2D eigenvalue weighted by molar-refractivity contribution is 5.66. The van der Waals surface area contributed by atoms with Gasteiger partial charge in [-0.15, -0.1) is 0 Å². The molecule has 5 heteroatoms.